The van der Waals surface area contributed by atoms with E-state index in [1.54, 1.807) is 4.90 Å². The lowest BCUT2D eigenvalue weighted by atomic mass is 10.0. The molecule has 37 heavy (non-hydrogen) atoms. The van der Waals surface area contributed by atoms with Crippen LogP contribution in [0.2, 0.25) is 0 Å². The number of carbonyl (C=O) groups is 4. The molecule has 0 spiro atoms. The summed E-state index contributed by atoms with van der Waals surface area (Å²) in [5.41, 5.74) is -1.87. The second kappa shape index (κ2) is 10.4. The van der Waals surface area contributed by atoms with Crippen LogP contribution < -0.4 is 10.3 Å². The third kappa shape index (κ3) is 5.02. The molecule has 192 valence electrons. The Balaban J connectivity index is 1.75. The number of piperazine rings is 1. The predicted molar refractivity (Wildman–Crippen MR) is 129 cm³/mol. The minimum atomic E-state index is -1.06. The van der Waals surface area contributed by atoms with Crippen molar-refractivity contribution in [2.24, 2.45) is 0 Å². The van der Waals surface area contributed by atoms with Gasteiger partial charge >= 0.3 is 0 Å². The molecule has 2 aliphatic rings. The highest BCUT2D eigenvalue weighted by Gasteiger charge is 2.27. The van der Waals surface area contributed by atoms with Crippen LogP contribution in [0, 0.1) is 11.6 Å². The van der Waals surface area contributed by atoms with E-state index in [9.17, 15) is 28.4 Å². The molecule has 0 unspecified atom stereocenters. The molecule has 4 rings (SSSR count). The SMILES string of the molecule is CC(=O)N1CCN(c2c(F)cc3c(=O)c(C(=O)/C=C/C4=CC(=O)C(=O)C=C4)cn(CCF)c3c2F)CC1. The lowest BCUT2D eigenvalue weighted by Crippen LogP contribution is -2.48. The van der Waals surface area contributed by atoms with Gasteiger partial charge in [-0.05, 0) is 29.9 Å². The Morgan fingerprint density at radius 2 is 1.73 bits per heavy atom. The van der Waals surface area contributed by atoms with Crippen LogP contribution in [-0.4, -0.2) is 65.6 Å². The van der Waals surface area contributed by atoms with Crippen LogP contribution in [0.3, 0.4) is 0 Å². The summed E-state index contributed by atoms with van der Waals surface area (Å²) in [6.45, 7) is 0.894. The topological polar surface area (TPSA) is 96.8 Å². The molecule has 0 saturated carbocycles. The third-order valence-electron chi connectivity index (χ3n) is 6.26. The average molecular weight is 513 g/mol. The number of allylic oxidation sites excluding steroid dienone is 6. The van der Waals surface area contributed by atoms with Crippen molar-refractivity contribution in [2.45, 2.75) is 13.5 Å². The van der Waals surface area contributed by atoms with Crippen molar-refractivity contribution in [3.05, 3.63) is 75.6 Å². The van der Waals surface area contributed by atoms with Crippen molar-refractivity contribution in [1.29, 1.82) is 0 Å². The van der Waals surface area contributed by atoms with Gasteiger partial charge in [0.1, 0.15) is 18.2 Å². The van der Waals surface area contributed by atoms with Gasteiger partial charge in [0.25, 0.3) is 0 Å². The van der Waals surface area contributed by atoms with E-state index in [2.05, 4.69) is 0 Å². The highest BCUT2D eigenvalue weighted by atomic mass is 19.1. The van der Waals surface area contributed by atoms with Gasteiger partial charge in [0.15, 0.2) is 11.6 Å². The molecule has 2 heterocycles. The van der Waals surface area contributed by atoms with E-state index in [1.165, 1.54) is 24.0 Å². The molecule has 1 fully saturated rings. The Bertz CT molecular complexity index is 1480. The van der Waals surface area contributed by atoms with Crippen molar-refractivity contribution in [1.82, 2.24) is 9.47 Å². The Kier molecular flexibility index (Phi) is 7.23. The van der Waals surface area contributed by atoms with E-state index < -0.39 is 64.3 Å². The zero-order valence-corrected chi connectivity index (χ0v) is 19.8. The molecule has 0 atom stereocenters. The number of anilines is 1. The molecule has 1 aromatic carbocycles. The van der Waals surface area contributed by atoms with Crippen LogP contribution >= 0.6 is 0 Å². The lowest BCUT2D eigenvalue weighted by molar-refractivity contribution is -0.131. The summed E-state index contributed by atoms with van der Waals surface area (Å²) in [6, 6.07) is 0.833. The van der Waals surface area contributed by atoms with Gasteiger partial charge in [0.05, 0.1) is 23.0 Å². The number of pyridine rings is 1. The zero-order valence-electron chi connectivity index (χ0n) is 19.8. The van der Waals surface area contributed by atoms with Crippen LogP contribution in [-0.2, 0) is 20.9 Å². The van der Waals surface area contributed by atoms with Crippen LogP contribution in [0.15, 0.2) is 53.0 Å². The van der Waals surface area contributed by atoms with Gasteiger partial charge in [-0.3, -0.25) is 24.0 Å². The Labute approximate surface area is 208 Å². The number of halogens is 3. The van der Waals surface area contributed by atoms with Crippen molar-refractivity contribution >= 4 is 39.8 Å². The Morgan fingerprint density at radius 1 is 1.03 bits per heavy atom. The molecule has 0 bridgehead atoms. The minimum absolute atomic E-state index is 0.155. The number of nitrogens with zero attached hydrogens (tertiary/aromatic N) is 3. The van der Waals surface area contributed by atoms with Gasteiger partial charge < -0.3 is 14.4 Å². The molecule has 2 aromatic rings. The first kappa shape index (κ1) is 25.8. The number of carbonyl (C=O) groups excluding carboxylic acids is 4. The fourth-order valence-electron chi connectivity index (χ4n) is 4.34. The van der Waals surface area contributed by atoms with Gasteiger partial charge in [-0.15, -0.1) is 0 Å². The number of hydrogen-bond donors (Lipinski definition) is 0. The molecule has 1 aliphatic carbocycles. The van der Waals surface area contributed by atoms with Crippen molar-refractivity contribution in [3.8, 4) is 0 Å². The number of fused-ring (bicyclic) bond motifs is 1. The van der Waals surface area contributed by atoms with Gasteiger partial charge in [0.2, 0.25) is 22.9 Å². The van der Waals surface area contributed by atoms with Crippen molar-refractivity contribution < 1.29 is 32.3 Å². The molecule has 11 heteroatoms. The van der Waals surface area contributed by atoms with Crippen molar-refractivity contribution in [2.75, 3.05) is 37.8 Å². The predicted octanol–water partition coefficient (Wildman–Crippen LogP) is 2.29. The standard InChI is InChI=1S/C26H22F3N3O5/c1-15(33)30-8-10-31(11-9-30)25-19(28)13-17-24(23(25)29)32(7-6-27)14-18(26(17)37)20(34)4-2-16-3-5-21(35)22(36)12-16/h2-5,12-14H,6-11H2,1H3/b4-2+. The van der Waals surface area contributed by atoms with Gasteiger partial charge in [-0.25, -0.2) is 13.2 Å². The molecule has 1 saturated heterocycles. The maximum atomic E-state index is 15.7. The Morgan fingerprint density at radius 3 is 2.35 bits per heavy atom. The maximum Gasteiger partial charge on any atom is 0.226 e. The molecule has 0 N–H and O–H groups in total. The first-order chi connectivity index (χ1) is 17.6. The number of amides is 1. The summed E-state index contributed by atoms with van der Waals surface area (Å²) < 4.78 is 45.3. The number of hydrogen-bond acceptors (Lipinski definition) is 6. The number of ketones is 3. The number of aryl methyl sites for hydroxylation is 1. The fourth-order valence-corrected chi connectivity index (χ4v) is 4.34. The summed E-state index contributed by atoms with van der Waals surface area (Å²) in [6.07, 6.45) is 6.61. The summed E-state index contributed by atoms with van der Waals surface area (Å²) >= 11 is 0. The molecular weight excluding hydrogens is 491 g/mol. The van der Waals surface area contributed by atoms with Crippen LogP contribution in [0.25, 0.3) is 10.9 Å². The minimum Gasteiger partial charge on any atom is -0.363 e. The number of rotatable bonds is 6. The van der Waals surface area contributed by atoms with E-state index >= 15 is 8.78 Å². The molecule has 8 nitrogen and oxygen atoms in total. The van der Waals surface area contributed by atoms with Gasteiger partial charge in [-0.2, -0.15) is 0 Å². The van der Waals surface area contributed by atoms with Crippen molar-refractivity contribution in [3.63, 3.8) is 0 Å². The average Bonchev–Trinajstić information content (AvgIpc) is 2.86. The second-order valence-electron chi connectivity index (χ2n) is 8.57. The van der Waals surface area contributed by atoms with E-state index in [4.69, 9.17) is 0 Å². The number of aromatic nitrogens is 1. The molecule has 1 aliphatic heterocycles. The first-order valence-electron chi connectivity index (χ1n) is 11.4. The van der Waals surface area contributed by atoms with Crippen LogP contribution in [0.4, 0.5) is 18.9 Å². The third-order valence-corrected chi connectivity index (χ3v) is 6.26. The second-order valence-corrected chi connectivity index (χ2v) is 8.57. The fraction of sp³-hybridized carbons (Fsp3) is 0.269. The molecule has 1 amide bonds. The molecule has 1 aromatic heterocycles. The normalized spacial score (nSPS) is 16.2. The summed E-state index contributed by atoms with van der Waals surface area (Å²) in [4.78, 5) is 63.2. The maximum absolute atomic E-state index is 15.7. The highest BCUT2D eigenvalue weighted by molar-refractivity contribution is 6.46. The summed E-state index contributed by atoms with van der Waals surface area (Å²) in [5.74, 6) is -4.55. The quantitative estimate of drug-likeness (QED) is 0.255. The van der Waals surface area contributed by atoms with Crippen LogP contribution in [0.1, 0.15) is 17.3 Å². The number of alkyl halides is 1. The monoisotopic (exact) mass is 513 g/mol. The highest BCUT2D eigenvalue weighted by Crippen LogP contribution is 2.31. The van der Waals surface area contributed by atoms with Gasteiger partial charge in [-0.1, -0.05) is 12.2 Å². The lowest BCUT2D eigenvalue weighted by Gasteiger charge is -2.36. The van der Waals surface area contributed by atoms with Gasteiger partial charge in [0, 0.05) is 39.3 Å². The van der Waals surface area contributed by atoms with E-state index in [-0.39, 0.29) is 43.2 Å². The Hall–Kier alpha value is -4.28. The summed E-state index contributed by atoms with van der Waals surface area (Å²) in [7, 11) is 0. The smallest absolute Gasteiger partial charge is 0.226 e. The zero-order chi connectivity index (χ0) is 26.9. The largest absolute Gasteiger partial charge is 0.363 e. The summed E-state index contributed by atoms with van der Waals surface area (Å²) in [5, 5.41) is -0.425. The molecule has 0 radical (unpaired) electrons. The molecular formula is C26H22F3N3O5. The van der Waals surface area contributed by atoms with Crippen LogP contribution in [0.5, 0.6) is 0 Å². The van der Waals surface area contributed by atoms with E-state index in [1.807, 2.05) is 0 Å². The first-order valence-corrected chi connectivity index (χ1v) is 11.4. The van der Waals surface area contributed by atoms with E-state index in [0.717, 1.165) is 35.1 Å². The van der Waals surface area contributed by atoms with E-state index in [0.29, 0.717) is 0 Å². The number of benzene rings is 1.